The van der Waals surface area contributed by atoms with Gasteiger partial charge in [-0.1, -0.05) is 24.6 Å². The van der Waals surface area contributed by atoms with Crippen LogP contribution in [-0.2, 0) is 0 Å². The van der Waals surface area contributed by atoms with E-state index in [2.05, 4.69) is 10.3 Å². The maximum absolute atomic E-state index is 12.3. The van der Waals surface area contributed by atoms with Gasteiger partial charge in [-0.25, -0.2) is 0 Å². The molecule has 3 heteroatoms. The van der Waals surface area contributed by atoms with Gasteiger partial charge in [-0.3, -0.25) is 9.78 Å². The van der Waals surface area contributed by atoms with Crippen LogP contribution in [0.5, 0.6) is 0 Å². The van der Waals surface area contributed by atoms with Crippen molar-refractivity contribution in [1.29, 1.82) is 0 Å². The third-order valence-corrected chi connectivity index (χ3v) is 4.06. The van der Waals surface area contributed by atoms with Gasteiger partial charge in [-0.05, 0) is 37.9 Å². The lowest BCUT2D eigenvalue weighted by atomic mass is 9.97. The first kappa shape index (κ1) is 13.3. The molecular weight excluding hydrogens is 248 g/mol. The van der Waals surface area contributed by atoms with Gasteiger partial charge in [0.25, 0.3) is 0 Å². The van der Waals surface area contributed by atoms with Crippen LogP contribution in [0.4, 0.5) is 0 Å². The van der Waals surface area contributed by atoms with E-state index in [9.17, 15) is 4.79 Å². The Morgan fingerprint density at radius 2 is 2.25 bits per heavy atom. The molecule has 0 radical (unpaired) electrons. The van der Waals surface area contributed by atoms with Gasteiger partial charge in [0.1, 0.15) is 0 Å². The number of aromatic nitrogens is 1. The molecule has 1 aromatic carbocycles. The van der Waals surface area contributed by atoms with E-state index in [-0.39, 0.29) is 5.78 Å². The molecule has 0 saturated carbocycles. The van der Waals surface area contributed by atoms with Gasteiger partial charge in [0.15, 0.2) is 5.78 Å². The number of nitrogens with one attached hydrogen (secondary N) is 1. The van der Waals surface area contributed by atoms with E-state index in [1.165, 1.54) is 19.3 Å². The van der Waals surface area contributed by atoms with Crippen molar-refractivity contribution in [2.24, 2.45) is 0 Å². The molecular formula is C17H20N2O. The number of ketones is 1. The summed E-state index contributed by atoms with van der Waals surface area (Å²) in [5.41, 5.74) is 1.68. The highest BCUT2D eigenvalue weighted by Crippen LogP contribution is 2.17. The van der Waals surface area contributed by atoms with E-state index in [0.717, 1.165) is 29.4 Å². The topological polar surface area (TPSA) is 42.0 Å². The van der Waals surface area contributed by atoms with Crippen LogP contribution < -0.4 is 5.32 Å². The average molecular weight is 268 g/mol. The summed E-state index contributed by atoms with van der Waals surface area (Å²) in [6.07, 6.45) is 7.08. The Balaban J connectivity index is 1.65. The van der Waals surface area contributed by atoms with Gasteiger partial charge in [-0.15, -0.1) is 0 Å². The van der Waals surface area contributed by atoms with Crippen LogP contribution in [0, 0.1) is 0 Å². The average Bonchev–Trinajstić information content (AvgIpc) is 2.53. The van der Waals surface area contributed by atoms with Crippen molar-refractivity contribution < 1.29 is 4.79 Å². The van der Waals surface area contributed by atoms with Crippen molar-refractivity contribution >= 4 is 16.7 Å². The van der Waals surface area contributed by atoms with Gasteiger partial charge in [0.05, 0.1) is 5.52 Å². The highest BCUT2D eigenvalue weighted by Gasteiger charge is 2.15. The Kier molecular flexibility index (Phi) is 4.07. The minimum Gasteiger partial charge on any atom is -0.314 e. The number of pyridine rings is 1. The molecule has 1 fully saturated rings. The first-order chi connectivity index (χ1) is 9.83. The van der Waals surface area contributed by atoms with Crippen LogP contribution in [0.2, 0.25) is 0 Å². The summed E-state index contributed by atoms with van der Waals surface area (Å²) in [5, 5.41) is 4.57. The fraction of sp³-hybridized carbons (Fsp3) is 0.412. The highest BCUT2D eigenvalue weighted by atomic mass is 16.1. The molecule has 1 unspecified atom stereocenters. The summed E-state index contributed by atoms with van der Waals surface area (Å²) in [4.78, 5) is 16.6. The molecule has 1 atom stereocenters. The summed E-state index contributed by atoms with van der Waals surface area (Å²) < 4.78 is 0. The standard InChI is InChI=1S/C17H20N2O/c20-17(9-8-15-5-1-2-10-18-15)14-7-6-13-4-3-11-19-16(13)12-14/h3-4,6-7,11-12,15,18H,1-2,5,8-10H2. The number of rotatable bonds is 4. The zero-order valence-electron chi connectivity index (χ0n) is 11.6. The van der Waals surface area contributed by atoms with Gasteiger partial charge >= 0.3 is 0 Å². The molecule has 0 bridgehead atoms. The molecule has 2 heterocycles. The zero-order valence-corrected chi connectivity index (χ0v) is 11.6. The Bertz CT molecular complexity index is 603. The van der Waals surface area contributed by atoms with Crippen molar-refractivity contribution in [3.05, 3.63) is 42.1 Å². The van der Waals surface area contributed by atoms with Crippen LogP contribution in [0.25, 0.3) is 10.9 Å². The molecule has 1 aliphatic heterocycles. The summed E-state index contributed by atoms with van der Waals surface area (Å²) >= 11 is 0. The molecule has 1 saturated heterocycles. The van der Waals surface area contributed by atoms with Crippen LogP contribution in [-0.4, -0.2) is 23.4 Å². The molecule has 3 nitrogen and oxygen atoms in total. The molecule has 1 aliphatic rings. The fourth-order valence-corrected chi connectivity index (χ4v) is 2.86. The Hall–Kier alpha value is -1.74. The quantitative estimate of drug-likeness (QED) is 0.865. The number of Topliss-reactive ketones (excluding diaryl/α,β-unsaturated/α-hetero) is 1. The Morgan fingerprint density at radius 3 is 3.10 bits per heavy atom. The number of nitrogens with zero attached hydrogens (tertiary/aromatic N) is 1. The number of fused-ring (bicyclic) bond motifs is 1. The van der Waals surface area contributed by atoms with Crippen LogP contribution in [0.3, 0.4) is 0 Å². The molecule has 1 aromatic heterocycles. The first-order valence-electron chi connectivity index (χ1n) is 7.44. The van der Waals surface area contributed by atoms with Crippen LogP contribution >= 0.6 is 0 Å². The van der Waals surface area contributed by atoms with E-state index in [1.54, 1.807) is 6.20 Å². The third kappa shape index (κ3) is 3.05. The van der Waals surface area contributed by atoms with Crippen molar-refractivity contribution in [3.63, 3.8) is 0 Å². The molecule has 0 aliphatic carbocycles. The van der Waals surface area contributed by atoms with Gasteiger partial charge in [0, 0.05) is 29.6 Å². The Morgan fingerprint density at radius 1 is 1.30 bits per heavy atom. The normalized spacial score (nSPS) is 19.1. The predicted octanol–water partition coefficient (Wildman–Crippen LogP) is 3.34. The second-order valence-corrected chi connectivity index (χ2v) is 5.52. The van der Waals surface area contributed by atoms with Gasteiger partial charge in [0.2, 0.25) is 0 Å². The smallest absolute Gasteiger partial charge is 0.163 e. The monoisotopic (exact) mass is 268 g/mol. The van der Waals surface area contributed by atoms with Gasteiger partial charge < -0.3 is 5.32 Å². The molecule has 104 valence electrons. The molecule has 3 rings (SSSR count). The van der Waals surface area contributed by atoms with E-state index < -0.39 is 0 Å². The number of benzene rings is 1. The summed E-state index contributed by atoms with van der Waals surface area (Å²) in [7, 11) is 0. The Labute approximate surface area is 119 Å². The number of hydrogen-bond donors (Lipinski definition) is 1. The second kappa shape index (κ2) is 6.14. The number of carbonyl (C=O) groups excluding carboxylic acids is 1. The highest BCUT2D eigenvalue weighted by molar-refractivity contribution is 5.99. The molecule has 20 heavy (non-hydrogen) atoms. The summed E-state index contributed by atoms with van der Waals surface area (Å²) in [5.74, 6) is 0.227. The molecule has 2 aromatic rings. The van der Waals surface area contributed by atoms with E-state index in [1.807, 2.05) is 30.3 Å². The van der Waals surface area contributed by atoms with E-state index in [4.69, 9.17) is 0 Å². The first-order valence-corrected chi connectivity index (χ1v) is 7.44. The molecule has 0 spiro atoms. The minimum absolute atomic E-state index is 0.227. The minimum atomic E-state index is 0.227. The second-order valence-electron chi connectivity index (χ2n) is 5.52. The summed E-state index contributed by atoms with van der Waals surface area (Å²) in [6, 6.07) is 10.3. The predicted molar refractivity (Wildman–Crippen MR) is 80.9 cm³/mol. The van der Waals surface area contributed by atoms with E-state index in [0.29, 0.717) is 12.5 Å². The number of carbonyl (C=O) groups is 1. The maximum atomic E-state index is 12.3. The number of hydrogen-bond acceptors (Lipinski definition) is 3. The molecule has 1 N–H and O–H groups in total. The zero-order chi connectivity index (χ0) is 13.8. The maximum Gasteiger partial charge on any atom is 0.163 e. The fourth-order valence-electron chi connectivity index (χ4n) is 2.86. The van der Waals surface area contributed by atoms with Crippen molar-refractivity contribution in [3.8, 4) is 0 Å². The lowest BCUT2D eigenvalue weighted by Crippen LogP contribution is -2.34. The van der Waals surface area contributed by atoms with E-state index >= 15 is 0 Å². The lowest BCUT2D eigenvalue weighted by Gasteiger charge is -2.22. The third-order valence-electron chi connectivity index (χ3n) is 4.06. The molecule has 0 amide bonds. The van der Waals surface area contributed by atoms with Crippen molar-refractivity contribution in [1.82, 2.24) is 10.3 Å². The SMILES string of the molecule is O=C(CCC1CCCCN1)c1ccc2cccnc2c1. The van der Waals surface area contributed by atoms with Gasteiger partial charge in [-0.2, -0.15) is 0 Å². The lowest BCUT2D eigenvalue weighted by molar-refractivity contribution is 0.0974. The van der Waals surface area contributed by atoms with Crippen LogP contribution in [0.15, 0.2) is 36.5 Å². The van der Waals surface area contributed by atoms with Crippen LogP contribution in [0.1, 0.15) is 42.5 Å². The van der Waals surface area contributed by atoms with Crippen molar-refractivity contribution in [2.75, 3.05) is 6.54 Å². The number of piperidine rings is 1. The summed E-state index contributed by atoms with van der Waals surface area (Å²) in [6.45, 7) is 1.10. The van der Waals surface area contributed by atoms with Crippen molar-refractivity contribution in [2.45, 2.75) is 38.1 Å². The largest absolute Gasteiger partial charge is 0.314 e.